The van der Waals surface area contributed by atoms with Crippen LogP contribution < -0.4 is 9.46 Å². The highest BCUT2D eigenvalue weighted by Crippen LogP contribution is 2.31. The fourth-order valence-electron chi connectivity index (χ4n) is 2.54. The van der Waals surface area contributed by atoms with E-state index in [0.29, 0.717) is 11.4 Å². The molecule has 0 saturated heterocycles. The summed E-state index contributed by atoms with van der Waals surface area (Å²) in [6, 6.07) is 16.2. The molecule has 0 spiro atoms. The molecular formula is C19H19NO3S2. The third kappa shape index (κ3) is 4.03. The van der Waals surface area contributed by atoms with E-state index in [1.54, 1.807) is 30.6 Å². The molecule has 0 bridgehead atoms. The summed E-state index contributed by atoms with van der Waals surface area (Å²) in [6.45, 7) is 4.01. The lowest BCUT2D eigenvalue weighted by Crippen LogP contribution is -2.13. The highest BCUT2D eigenvalue weighted by molar-refractivity contribution is 7.92. The lowest BCUT2D eigenvalue weighted by Gasteiger charge is -2.11. The van der Waals surface area contributed by atoms with Gasteiger partial charge >= 0.3 is 0 Å². The molecule has 3 aromatic rings. The van der Waals surface area contributed by atoms with Gasteiger partial charge in [0.25, 0.3) is 10.0 Å². The monoisotopic (exact) mass is 373 g/mol. The second-order valence-corrected chi connectivity index (χ2v) is 8.75. The van der Waals surface area contributed by atoms with E-state index in [0.717, 1.165) is 16.0 Å². The van der Waals surface area contributed by atoms with Crippen molar-refractivity contribution in [3.8, 4) is 16.2 Å². The van der Waals surface area contributed by atoms with E-state index in [1.807, 2.05) is 19.1 Å². The third-order valence-corrected chi connectivity index (χ3v) is 6.17. The first-order valence-electron chi connectivity index (χ1n) is 7.73. The molecule has 0 radical (unpaired) electrons. The number of nitrogens with one attached hydrogen (secondary N) is 1. The maximum Gasteiger partial charge on any atom is 0.261 e. The predicted molar refractivity (Wildman–Crippen MR) is 103 cm³/mol. The molecule has 0 atom stereocenters. The number of thiophene rings is 1. The molecule has 0 aliphatic rings. The lowest BCUT2D eigenvalue weighted by atomic mass is 10.1. The minimum Gasteiger partial charge on any atom is -0.497 e. The van der Waals surface area contributed by atoms with Crippen LogP contribution in [-0.2, 0) is 10.0 Å². The molecule has 130 valence electrons. The van der Waals surface area contributed by atoms with E-state index in [9.17, 15) is 8.42 Å². The smallest absolute Gasteiger partial charge is 0.261 e. The van der Waals surface area contributed by atoms with Gasteiger partial charge in [-0.25, -0.2) is 8.42 Å². The van der Waals surface area contributed by atoms with Crippen LogP contribution in [-0.4, -0.2) is 15.5 Å². The molecule has 0 aliphatic heterocycles. The van der Waals surface area contributed by atoms with Crippen molar-refractivity contribution in [2.45, 2.75) is 18.7 Å². The summed E-state index contributed by atoms with van der Waals surface area (Å²) in [5.41, 5.74) is 2.55. The van der Waals surface area contributed by atoms with E-state index in [4.69, 9.17) is 4.74 Å². The van der Waals surface area contributed by atoms with Crippen molar-refractivity contribution in [3.63, 3.8) is 0 Å². The van der Waals surface area contributed by atoms with E-state index < -0.39 is 10.0 Å². The number of ether oxygens (including phenoxy) is 1. The van der Waals surface area contributed by atoms with Crippen LogP contribution in [0.4, 0.5) is 5.69 Å². The predicted octanol–water partition coefficient (Wildman–Crippen LogP) is 4.84. The fourth-order valence-corrected chi connectivity index (χ4v) is 4.44. The van der Waals surface area contributed by atoms with Crippen molar-refractivity contribution in [2.75, 3.05) is 11.8 Å². The molecular weight excluding hydrogens is 354 g/mol. The zero-order valence-electron chi connectivity index (χ0n) is 14.2. The van der Waals surface area contributed by atoms with E-state index in [-0.39, 0.29) is 4.90 Å². The van der Waals surface area contributed by atoms with Gasteiger partial charge in [-0.05, 0) is 73.5 Å². The van der Waals surface area contributed by atoms with Crippen molar-refractivity contribution in [2.24, 2.45) is 0 Å². The molecule has 0 saturated carbocycles. The summed E-state index contributed by atoms with van der Waals surface area (Å²) < 4.78 is 33.0. The van der Waals surface area contributed by atoms with Crippen molar-refractivity contribution in [1.82, 2.24) is 0 Å². The minimum absolute atomic E-state index is 0.198. The molecule has 1 aromatic heterocycles. The van der Waals surface area contributed by atoms with E-state index in [1.165, 1.54) is 17.0 Å². The molecule has 1 N–H and O–H groups in total. The summed E-state index contributed by atoms with van der Waals surface area (Å²) in [6.07, 6.45) is 0. The molecule has 0 fully saturated rings. The zero-order chi connectivity index (χ0) is 18.0. The molecule has 0 aliphatic carbocycles. The Morgan fingerprint density at radius 2 is 1.68 bits per heavy atom. The number of hydrogen-bond acceptors (Lipinski definition) is 4. The first-order valence-corrected chi connectivity index (χ1v) is 10.0. The summed E-state index contributed by atoms with van der Waals surface area (Å²) in [5.74, 6) is 0.616. The molecule has 2 aromatic carbocycles. The minimum atomic E-state index is -3.65. The van der Waals surface area contributed by atoms with Crippen molar-refractivity contribution in [3.05, 3.63) is 65.0 Å². The van der Waals surface area contributed by atoms with E-state index >= 15 is 0 Å². The Kier molecular flexibility index (Phi) is 4.83. The summed E-state index contributed by atoms with van der Waals surface area (Å²) in [4.78, 5) is 2.53. The highest BCUT2D eigenvalue weighted by atomic mass is 32.2. The number of anilines is 1. The molecule has 4 nitrogen and oxygen atoms in total. The van der Waals surface area contributed by atoms with E-state index in [2.05, 4.69) is 29.8 Å². The molecule has 25 heavy (non-hydrogen) atoms. The Hall–Kier alpha value is -2.31. The van der Waals surface area contributed by atoms with Crippen molar-refractivity contribution >= 4 is 27.0 Å². The maximum atomic E-state index is 12.6. The fraction of sp³-hybridized carbons (Fsp3) is 0.158. The summed E-state index contributed by atoms with van der Waals surface area (Å²) >= 11 is 1.69. The van der Waals surface area contributed by atoms with Crippen LogP contribution in [0.15, 0.2) is 59.5 Å². The van der Waals surface area contributed by atoms with Gasteiger partial charge in [0.1, 0.15) is 5.75 Å². The van der Waals surface area contributed by atoms with Gasteiger partial charge in [0.2, 0.25) is 0 Å². The number of sulfonamides is 1. The van der Waals surface area contributed by atoms with Gasteiger partial charge in [-0.1, -0.05) is 6.07 Å². The zero-order valence-corrected chi connectivity index (χ0v) is 15.9. The topological polar surface area (TPSA) is 55.4 Å². The molecule has 6 heteroatoms. The number of hydrogen-bond donors (Lipinski definition) is 1. The van der Waals surface area contributed by atoms with Crippen LogP contribution >= 0.6 is 11.3 Å². The Bertz CT molecular complexity index is 990. The number of rotatable bonds is 5. The summed E-state index contributed by atoms with van der Waals surface area (Å²) in [5, 5.41) is 0. The van der Waals surface area contributed by atoms with Gasteiger partial charge < -0.3 is 4.74 Å². The van der Waals surface area contributed by atoms with Gasteiger partial charge in [0.05, 0.1) is 12.0 Å². The average molecular weight is 373 g/mol. The first-order chi connectivity index (χ1) is 11.9. The third-order valence-electron chi connectivity index (χ3n) is 3.72. The van der Waals surface area contributed by atoms with Crippen LogP contribution in [0.25, 0.3) is 10.4 Å². The SMILES string of the molecule is COc1ccc(S(=O)(=O)Nc2cc(C)cc(-c3ccc(C)s3)c2)cc1. The first kappa shape index (κ1) is 17.5. The second kappa shape index (κ2) is 6.90. The van der Waals surface area contributed by atoms with Crippen LogP contribution in [0.5, 0.6) is 5.75 Å². The van der Waals surface area contributed by atoms with Crippen molar-refractivity contribution in [1.29, 1.82) is 0 Å². The van der Waals surface area contributed by atoms with Crippen LogP contribution in [0.3, 0.4) is 0 Å². The summed E-state index contributed by atoms with van der Waals surface area (Å²) in [7, 11) is -2.11. The van der Waals surface area contributed by atoms with Crippen LogP contribution in [0, 0.1) is 13.8 Å². The highest BCUT2D eigenvalue weighted by Gasteiger charge is 2.15. The quantitative estimate of drug-likeness (QED) is 0.696. The molecule has 0 unspecified atom stereocenters. The lowest BCUT2D eigenvalue weighted by molar-refractivity contribution is 0.414. The van der Waals surface area contributed by atoms with Crippen LogP contribution in [0.2, 0.25) is 0 Å². The van der Waals surface area contributed by atoms with Gasteiger partial charge in [-0.15, -0.1) is 11.3 Å². The Morgan fingerprint density at radius 1 is 0.960 bits per heavy atom. The molecule has 1 heterocycles. The number of aryl methyl sites for hydroxylation is 2. The molecule has 0 amide bonds. The second-order valence-electron chi connectivity index (χ2n) is 5.78. The van der Waals surface area contributed by atoms with Crippen LogP contribution in [0.1, 0.15) is 10.4 Å². The number of benzene rings is 2. The molecule has 3 rings (SSSR count). The number of methoxy groups -OCH3 is 1. The van der Waals surface area contributed by atoms with Gasteiger partial charge in [-0.2, -0.15) is 0 Å². The Balaban J connectivity index is 1.92. The average Bonchev–Trinajstić information content (AvgIpc) is 3.00. The Morgan fingerprint density at radius 3 is 2.28 bits per heavy atom. The van der Waals surface area contributed by atoms with Crippen molar-refractivity contribution < 1.29 is 13.2 Å². The largest absolute Gasteiger partial charge is 0.497 e. The standard InChI is InChI=1S/C19H19NO3S2/c1-13-10-15(19-9-4-14(2)24-19)12-16(11-13)20-25(21,22)18-7-5-17(23-3)6-8-18/h4-12,20H,1-3H3. The Labute approximate surface area is 152 Å². The van der Waals surface area contributed by atoms with Gasteiger partial charge in [0.15, 0.2) is 0 Å². The normalized spacial score (nSPS) is 11.3. The van der Waals surface area contributed by atoms with Gasteiger partial charge in [-0.3, -0.25) is 4.72 Å². The maximum absolute atomic E-state index is 12.6. The van der Waals surface area contributed by atoms with Gasteiger partial charge in [0, 0.05) is 15.4 Å².